The molecule has 1 heterocycles. The van der Waals surface area contributed by atoms with Crippen molar-refractivity contribution >= 4 is 28.5 Å². The number of carbonyl (C=O) groups is 2. The Morgan fingerprint density at radius 1 is 1.55 bits per heavy atom. The van der Waals surface area contributed by atoms with E-state index in [1.165, 1.54) is 24.2 Å². The van der Waals surface area contributed by atoms with Crippen molar-refractivity contribution in [2.24, 2.45) is 5.92 Å². The van der Waals surface area contributed by atoms with E-state index >= 15 is 0 Å². The number of carboxylic acid groups (broad SMARTS) is 1. The SMILES string of the molecule is CCC(CNC(=O)Nc1nc(C2CC2)cs1)CC(=O)O. The zero-order valence-corrected chi connectivity index (χ0v) is 12.2. The van der Waals surface area contributed by atoms with Gasteiger partial charge < -0.3 is 10.4 Å². The largest absolute Gasteiger partial charge is 0.481 e. The van der Waals surface area contributed by atoms with Crippen molar-refractivity contribution in [2.75, 3.05) is 11.9 Å². The monoisotopic (exact) mass is 297 g/mol. The van der Waals surface area contributed by atoms with Gasteiger partial charge in [-0.15, -0.1) is 11.3 Å². The summed E-state index contributed by atoms with van der Waals surface area (Å²) in [7, 11) is 0. The number of hydrogen-bond acceptors (Lipinski definition) is 4. The van der Waals surface area contributed by atoms with Crippen LogP contribution in [-0.2, 0) is 4.79 Å². The molecule has 7 heteroatoms. The van der Waals surface area contributed by atoms with E-state index in [1.807, 2.05) is 12.3 Å². The molecule has 0 bridgehead atoms. The maximum atomic E-state index is 11.7. The summed E-state index contributed by atoms with van der Waals surface area (Å²) in [5.74, 6) is -0.311. The zero-order valence-electron chi connectivity index (χ0n) is 11.4. The number of amides is 2. The number of nitrogens with one attached hydrogen (secondary N) is 2. The number of carboxylic acids is 1. The molecule has 0 spiro atoms. The van der Waals surface area contributed by atoms with Crippen LogP contribution >= 0.6 is 11.3 Å². The fraction of sp³-hybridized carbons (Fsp3) is 0.615. The van der Waals surface area contributed by atoms with Crippen molar-refractivity contribution < 1.29 is 14.7 Å². The summed E-state index contributed by atoms with van der Waals surface area (Å²) < 4.78 is 0. The number of anilines is 1. The number of rotatable bonds is 7. The molecule has 6 nitrogen and oxygen atoms in total. The lowest BCUT2D eigenvalue weighted by molar-refractivity contribution is -0.138. The molecule has 2 amide bonds. The number of nitrogens with zero attached hydrogens (tertiary/aromatic N) is 1. The second-order valence-electron chi connectivity index (χ2n) is 5.06. The van der Waals surface area contributed by atoms with E-state index in [0.29, 0.717) is 17.6 Å². The number of aromatic nitrogens is 1. The van der Waals surface area contributed by atoms with Gasteiger partial charge in [0.25, 0.3) is 0 Å². The lowest BCUT2D eigenvalue weighted by atomic mass is 10.0. The first-order valence-corrected chi connectivity index (χ1v) is 7.68. The van der Waals surface area contributed by atoms with Crippen molar-refractivity contribution in [3.63, 3.8) is 0 Å². The summed E-state index contributed by atoms with van der Waals surface area (Å²) in [5, 5.41) is 16.7. The van der Waals surface area contributed by atoms with E-state index in [4.69, 9.17) is 5.11 Å². The Kier molecular flexibility index (Phi) is 4.94. The Bertz CT molecular complexity index is 485. The van der Waals surface area contributed by atoms with Gasteiger partial charge in [0.2, 0.25) is 0 Å². The second kappa shape index (κ2) is 6.69. The lowest BCUT2D eigenvalue weighted by Crippen LogP contribution is -2.33. The standard InChI is InChI=1S/C13H19N3O3S/c1-2-8(5-11(17)18)6-14-12(19)16-13-15-10(7-20-13)9-3-4-9/h7-9H,2-6H2,1H3,(H,17,18)(H2,14,15,16,19). The third-order valence-corrected chi connectivity index (χ3v) is 4.11. The van der Waals surface area contributed by atoms with E-state index in [-0.39, 0.29) is 18.4 Å². The van der Waals surface area contributed by atoms with Gasteiger partial charge in [-0.25, -0.2) is 9.78 Å². The number of urea groups is 1. The van der Waals surface area contributed by atoms with Gasteiger partial charge in [0.1, 0.15) is 0 Å². The van der Waals surface area contributed by atoms with Crippen LogP contribution in [0.2, 0.25) is 0 Å². The fourth-order valence-electron chi connectivity index (χ4n) is 1.90. The number of thiazole rings is 1. The first-order valence-electron chi connectivity index (χ1n) is 6.80. The normalized spacial score (nSPS) is 15.7. The molecule has 0 aliphatic heterocycles. The second-order valence-corrected chi connectivity index (χ2v) is 5.92. The molecule has 1 fully saturated rings. The summed E-state index contributed by atoms with van der Waals surface area (Å²) in [6, 6.07) is -0.328. The van der Waals surface area contributed by atoms with Crippen LogP contribution in [0.4, 0.5) is 9.93 Å². The molecule has 2 rings (SSSR count). The Labute approximate surface area is 121 Å². The molecular weight excluding hydrogens is 278 g/mol. The Balaban J connectivity index is 1.74. The first-order chi connectivity index (χ1) is 9.58. The molecule has 0 aromatic carbocycles. The zero-order chi connectivity index (χ0) is 14.5. The quantitative estimate of drug-likeness (QED) is 0.721. The van der Waals surface area contributed by atoms with Crippen LogP contribution in [0.5, 0.6) is 0 Å². The Morgan fingerprint density at radius 3 is 2.90 bits per heavy atom. The highest BCUT2D eigenvalue weighted by atomic mass is 32.1. The maximum Gasteiger partial charge on any atom is 0.321 e. The van der Waals surface area contributed by atoms with Gasteiger partial charge in [-0.1, -0.05) is 13.3 Å². The fourth-order valence-corrected chi connectivity index (χ4v) is 2.68. The molecular formula is C13H19N3O3S. The van der Waals surface area contributed by atoms with Crippen molar-refractivity contribution in [3.05, 3.63) is 11.1 Å². The highest BCUT2D eigenvalue weighted by Crippen LogP contribution is 2.40. The van der Waals surface area contributed by atoms with Crippen molar-refractivity contribution in [3.8, 4) is 0 Å². The van der Waals surface area contributed by atoms with Crippen LogP contribution in [-0.4, -0.2) is 28.6 Å². The first kappa shape index (κ1) is 14.8. The summed E-state index contributed by atoms with van der Waals surface area (Å²) in [5.41, 5.74) is 1.06. The minimum Gasteiger partial charge on any atom is -0.481 e. The van der Waals surface area contributed by atoms with E-state index < -0.39 is 5.97 Å². The summed E-state index contributed by atoms with van der Waals surface area (Å²) in [6.07, 6.45) is 3.15. The van der Waals surface area contributed by atoms with Gasteiger partial charge >= 0.3 is 12.0 Å². The smallest absolute Gasteiger partial charge is 0.321 e. The van der Waals surface area contributed by atoms with Gasteiger partial charge in [0.05, 0.1) is 5.69 Å². The van der Waals surface area contributed by atoms with Gasteiger partial charge in [0, 0.05) is 24.3 Å². The van der Waals surface area contributed by atoms with E-state index in [0.717, 1.165) is 12.1 Å². The van der Waals surface area contributed by atoms with Gasteiger partial charge in [-0.3, -0.25) is 10.1 Å². The lowest BCUT2D eigenvalue weighted by Gasteiger charge is -2.13. The molecule has 0 saturated heterocycles. The molecule has 20 heavy (non-hydrogen) atoms. The summed E-state index contributed by atoms with van der Waals surface area (Å²) in [4.78, 5) is 26.7. The third-order valence-electron chi connectivity index (χ3n) is 3.33. The average Bonchev–Trinajstić information content (AvgIpc) is 3.15. The van der Waals surface area contributed by atoms with Crippen LogP contribution in [0, 0.1) is 5.92 Å². The number of hydrogen-bond donors (Lipinski definition) is 3. The molecule has 1 aromatic heterocycles. The molecule has 110 valence electrons. The van der Waals surface area contributed by atoms with E-state index in [9.17, 15) is 9.59 Å². The van der Waals surface area contributed by atoms with Crippen LogP contribution in [0.15, 0.2) is 5.38 Å². The number of aliphatic carboxylic acids is 1. The topological polar surface area (TPSA) is 91.3 Å². The van der Waals surface area contributed by atoms with Crippen molar-refractivity contribution in [1.29, 1.82) is 0 Å². The predicted octanol–water partition coefficient (Wildman–Crippen LogP) is 2.64. The summed E-state index contributed by atoms with van der Waals surface area (Å²) in [6.45, 7) is 2.27. The van der Waals surface area contributed by atoms with Gasteiger partial charge in [-0.05, 0) is 18.8 Å². The average molecular weight is 297 g/mol. The summed E-state index contributed by atoms with van der Waals surface area (Å²) >= 11 is 1.42. The van der Waals surface area contributed by atoms with Gasteiger partial charge in [-0.2, -0.15) is 0 Å². The van der Waals surface area contributed by atoms with Crippen LogP contribution < -0.4 is 10.6 Å². The number of carbonyl (C=O) groups excluding carboxylic acids is 1. The molecule has 1 aliphatic rings. The van der Waals surface area contributed by atoms with Gasteiger partial charge in [0.15, 0.2) is 5.13 Å². The molecule has 1 unspecified atom stereocenters. The highest BCUT2D eigenvalue weighted by molar-refractivity contribution is 7.13. The highest BCUT2D eigenvalue weighted by Gasteiger charge is 2.26. The van der Waals surface area contributed by atoms with E-state index in [1.54, 1.807) is 0 Å². The molecule has 1 saturated carbocycles. The van der Waals surface area contributed by atoms with Crippen LogP contribution in [0.1, 0.15) is 44.2 Å². The van der Waals surface area contributed by atoms with E-state index in [2.05, 4.69) is 15.6 Å². The third kappa shape index (κ3) is 4.48. The van der Waals surface area contributed by atoms with Crippen LogP contribution in [0.25, 0.3) is 0 Å². The van der Waals surface area contributed by atoms with Crippen molar-refractivity contribution in [2.45, 2.75) is 38.5 Å². The molecule has 0 radical (unpaired) electrons. The molecule has 1 aliphatic carbocycles. The maximum absolute atomic E-state index is 11.7. The molecule has 3 N–H and O–H groups in total. The van der Waals surface area contributed by atoms with Crippen molar-refractivity contribution in [1.82, 2.24) is 10.3 Å². The minimum atomic E-state index is -0.840. The van der Waals surface area contributed by atoms with Crippen LogP contribution in [0.3, 0.4) is 0 Å². The minimum absolute atomic E-state index is 0.0448. The molecule has 1 aromatic rings. The Morgan fingerprint density at radius 2 is 2.30 bits per heavy atom. The molecule has 1 atom stereocenters. The predicted molar refractivity (Wildman–Crippen MR) is 77.1 cm³/mol. The Hall–Kier alpha value is -1.63.